The molecule has 0 radical (unpaired) electrons. The first kappa shape index (κ1) is 17.8. The van der Waals surface area contributed by atoms with Crippen molar-refractivity contribution in [3.05, 3.63) is 53.7 Å². The molecule has 2 rings (SSSR count). The smallest absolute Gasteiger partial charge is 0.341 e. The maximum atomic E-state index is 12.4. The Bertz CT molecular complexity index is 824. The Morgan fingerprint density at radius 3 is 2.50 bits per heavy atom. The second-order valence-electron chi connectivity index (χ2n) is 4.72. The number of amides is 1. The van der Waals surface area contributed by atoms with E-state index in [0.717, 1.165) is 17.7 Å². The van der Waals surface area contributed by atoms with Gasteiger partial charge in [-0.3, -0.25) is 4.79 Å². The summed E-state index contributed by atoms with van der Waals surface area (Å²) in [5.74, 6) is -3.56. The van der Waals surface area contributed by atoms with Crippen LogP contribution in [0.1, 0.15) is 15.9 Å². The molecule has 0 atom stereocenters. The second-order valence-corrected chi connectivity index (χ2v) is 6.64. The number of methoxy groups -OCH3 is 1. The number of aromatic nitrogens is 1. The monoisotopic (exact) mass is 356 g/mol. The number of hydrogen-bond acceptors (Lipinski definition) is 5. The van der Waals surface area contributed by atoms with Crippen LogP contribution >= 0.6 is 0 Å². The largest absolute Gasteiger partial charge is 0.481 e. The van der Waals surface area contributed by atoms with E-state index in [-0.39, 0.29) is 12.1 Å². The summed E-state index contributed by atoms with van der Waals surface area (Å²) in [7, 11) is -3.20. The Labute approximate surface area is 137 Å². The molecule has 1 N–H and O–H groups in total. The topological polar surface area (TPSA) is 85.4 Å². The summed E-state index contributed by atoms with van der Waals surface area (Å²) >= 11 is 0. The molecule has 0 fully saturated rings. The van der Waals surface area contributed by atoms with Gasteiger partial charge in [-0.15, -0.1) is 0 Å². The van der Waals surface area contributed by atoms with Crippen LogP contribution in [0.5, 0.6) is 5.88 Å². The zero-order valence-electron chi connectivity index (χ0n) is 12.6. The highest BCUT2D eigenvalue weighted by atomic mass is 32.2. The number of nitrogens with zero attached hydrogens (tertiary/aromatic N) is 1. The average Bonchev–Trinajstić information content (AvgIpc) is 2.59. The van der Waals surface area contributed by atoms with Crippen LogP contribution in [0.4, 0.5) is 8.78 Å². The minimum Gasteiger partial charge on any atom is -0.481 e. The Morgan fingerprint density at radius 2 is 1.92 bits per heavy atom. The van der Waals surface area contributed by atoms with Gasteiger partial charge in [-0.1, -0.05) is 0 Å². The van der Waals surface area contributed by atoms with Crippen LogP contribution < -0.4 is 10.1 Å². The van der Waals surface area contributed by atoms with E-state index < -0.39 is 26.4 Å². The fourth-order valence-corrected chi connectivity index (χ4v) is 2.58. The van der Waals surface area contributed by atoms with Gasteiger partial charge in [0.05, 0.1) is 12.0 Å². The molecule has 0 spiro atoms. The van der Waals surface area contributed by atoms with E-state index in [9.17, 15) is 22.0 Å². The van der Waals surface area contributed by atoms with Crippen LogP contribution in [-0.2, 0) is 16.4 Å². The van der Waals surface area contributed by atoms with Gasteiger partial charge in [-0.05, 0) is 35.9 Å². The molecule has 0 unspecified atom stereocenters. The molecule has 1 amide bonds. The molecule has 1 aromatic heterocycles. The third-order valence-electron chi connectivity index (χ3n) is 3.14. The third kappa shape index (κ3) is 4.05. The summed E-state index contributed by atoms with van der Waals surface area (Å²) in [6, 6.07) is 7.66. The van der Waals surface area contributed by atoms with Crippen LogP contribution in [0.25, 0.3) is 0 Å². The van der Waals surface area contributed by atoms with Crippen molar-refractivity contribution in [3.8, 4) is 5.88 Å². The maximum absolute atomic E-state index is 12.4. The van der Waals surface area contributed by atoms with E-state index in [0.29, 0.717) is 5.88 Å². The zero-order valence-corrected chi connectivity index (χ0v) is 13.4. The van der Waals surface area contributed by atoms with Gasteiger partial charge >= 0.3 is 5.76 Å². The van der Waals surface area contributed by atoms with Gasteiger partial charge in [0, 0.05) is 24.4 Å². The lowest BCUT2D eigenvalue weighted by Crippen LogP contribution is -2.23. The summed E-state index contributed by atoms with van der Waals surface area (Å²) < 4.78 is 52.5. The van der Waals surface area contributed by atoms with Crippen molar-refractivity contribution in [2.24, 2.45) is 0 Å². The van der Waals surface area contributed by atoms with Crippen molar-refractivity contribution in [2.45, 2.75) is 17.2 Å². The molecular weight excluding hydrogens is 342 g/mol. The van der Waals surface area contributed by atoms with Gasteiger partial charge in [0.15, 0.2) is 0 Å². The fraction of sp³-hybridized carbons (Fsp3) is 0.200. The van der Waals surface area contributed by atoms with Crippen molar-refractivity contribution < 1.29 is 26.7 Å². The molecular formula is C15H14F2N2O4S. The number of halogens is 2. The maximum Gasteiger partial charge on any atom is 0.341 e. The highest BCUT2D eigenvalue weighted by Crippen LogP contribution is 2.18. The fourth-order valence-electron chi connectivity index (χ4n) is 1.86. The first-order chi connectivity index (χ1) is 11.3. The zero-order chi connectivity index (χ0) is 17.7. The number of alkyl halides is 2. The Balaban J connectivity index is 2.05. The predicted molar refractivity (Wildman–Crippen MR) is 81.6 cm³/mol. The van der Waals surface area contributed by atoms with Crippen molar-refractivity contribution in [2.75, 3.05) is 7.11 Å². The third-order valence-corrected chi connectivity index (χ3v) is 4.54. The number of rotatable bonds is 6. The van der Waals surface area contributed by atoms with Gasteiger partial charge < -0.3 is 10.1 Å². The number of nitrogens with one attached hydrogen (secondary N) is 1. The molecule has 2 aromatic rings. The van der Waals surface area contributed by atoms with Crippen LogP contribution in [0.15, 0.2) is 47.5 Å². The van der Waals surface area contributed by atoms with Gasteiger partial charge in [-0.2, -0.15) is 8.78 Å². The number of ether oxygens (including phenoxy) is 1. The molecule has 1 aromatic carbocycles. The van der Waals surface area contributed by atoms with E-state index in [1.807, 2.05) is 0 Å². The molecule has 0 aliphatic rings. The molecule has 0 saturated carbocycles. The van der Waals surface area contributed by atoms with Crippen molar-refractivity contribution >= 4 is 15.7 Å². The standard InChI is InChI=1S/C15H14F2N2O4S/c1-23-13-8-10(6-7-18-13)9-19-14(20)11-2-4-12(5-3-11)24(21,22)15(16)17/h2-8,15H,9H2,1H3,(H,19,20). The molecule has 128 valence electrons. The second kappa shape index (κ2) is 7.35. The minimum absolute atomic E-state index is 0.157. The highest BCUT2D eigenvalue weighted by molar-refractivity contribution is 7.91. The lowest BCUT2D eigenvalue weighted by molar-refractivity contribution is 0.0950. The van der Waals surface area contributed by atoms with Crippen LogP contribution in [0, 0.1) is 0 Å². The number of carbonyl (C=O) groups is 1. The van der Waals surface area contributed by atoms with E-state index in [1.54, 1.807) is 12.1 Å². The van der Waals surface area contributed by atoms with E-state index in [4.69, 9.17) is 4.74 Å². The molecule has 0 aliphatic carbocycles. The summed E-state index contributed by atoms with van der Waals surface area (Å²) in [6.45, 7) is 0.203. The van der Waals surface area contributed by atoms with E-state index in [1.165, 1.54) is 25.4 Å². The van der Waals surface area contributed by atoms with Gasteiger partial charge in [0.25, 0.3) is 5.91 Å². The number of sulfone groups is 1. The number of carbonyl (C=O) groups excluding carboxylic acids is 1. The van der Waals surface area contributed by atoms with E-state index in [2.05, 4.69) is 10.3 Å². The van der Waals surface area contributed by atoms with Crippen molar-refractivity contribution in [1.29, 1.82) is 0 Å². The molecule has 9 heteroatoms. The molecule has 1 heterocycles. The summed E-state index contributed by atoms with van der Waals surface area (Å²) in [5, 5.41) is 2.63. The van der Waals surface area contributed by atoms with Gasteiger partial charge in [-0.25, -0.2) is 13.4 Å². The van der Waals surface area contributed by atoms with Crippen LogP contribution in [0.3, 0.4) is 0 Å². The first-order valence-corrected chi connectivity index (χ1v) is 8.28. The van der Waals surface area contributed by atoms with Crippen molar-refractivity contribution in [3.63, 3.8) is 0 Å². The molecule has 0 aliphatic heterocycles. The highest BCUT2D eigenvalue weighted by Gasteiger charge is 2.26. The Kier molecular flexibility index (Phi) is 5.45. The van der Waals surface area contributed by atoms with Crippen molar-refractivity contribution in [1.82, 2.24) is 10.3 Å². The predicted octanol–water partition coefficient (Wildman–Crippen LogP) is 2.02. The Hall–Kier alpha value is -2.55. The summed E-state index contributed by atoms with van der Waals surface area (Å²) in [4.78, 5) is 15.4. The molecule has 24 heavy (non-hydrogen) atoms. The SMILES string of the molecule is COc1cc(CNC(=O)c2ccc(S(=O)(=O)C(F)F)cc2)ccn1. The number of benzene rings is 1. The quantitative estimate of drug-likeness (QED) is 0.856. The number of hydrogen-bond donors (Lipinski definition) is 1. The molecule has 6 nitrogen and oxygen atoms in total. The van der Waals surface area contributed by atoms with Crippen LogP contribution in [-0.4, -0.2) is 32.2 Å². The normalized spacial score (nSPS) is 11.3. The minimum atomic E-state index is -4.67. The van der Waals surface area contributed by atoms with Crippen LogP contribution in [0.2, 0.25) is 0 Å². The summed E-state index contributed by atoms with van der Waals surface area (Å²) in [5.41, 5.74) is 0.913. The lowest BCUT2D eigenvalue weighted by atomic mass is 10.2. The van der Waals surface area contributed by atoms with E-state index >= 15 is 0 Å². The molecule has 0 bridgehead atoms. The first-order valence-electron chi connectivity index (χ1n) is 6.74. The average molecular weight is 356 g/mol. The van der Waals surface area contributed by atoms with Gasteiger partial charge in [0.1, 0.15) is 0 Å². The summed E-state index contributed by atoms with van der Waals surface area (Å²) in [6.07, 6.45) is 1.53. The number of pyridine rings is 1. The van der Waals surface area contributed by atoms with Gasteiger partial charge in [0.2, 0.25) is 15.7 Å². The lowest BCUT2D eigenvalue weighted by Gasteiger charge is -2.07. The molecule has 0 saturated heterocycles. The Morgan fingerprint density at radius 1 is 1.25 bits per heavy atom.